The van der Waals surface area contributed by atoms with Gasteiger partial charge in [-0.1, -0.05) is 6.07 Å². The molecule has 6 heteroatoms. The number of carbonyl (C=O) groups excluding carboxylic acids is 2. The van der Waals surface area contributed by atoms with Gasteiger partial charge in [-0.25, -0.2) is 0 Å². The molecule has 1 fully saturated rings. The van der Waals surface area contributed by atoms with E-state index in [2.05, 4.69) is 15.9 Å². The van der Waals surface area contributed by atoms with Crippen LogP contribution in [-0.2, 0) is 4.79 Å². The number of imide groups is 1. The molecule has 0 N–H and O–H groups in total. The normalized spacial score (nSPS) is 17.2. The van der Waals surface area contributed by atoms with Crippen LogP contribution >= 0.6 is 27.7 Å². The summed E-state index contributed by atoms with van der Waals surface area (Å²) in [6.07, 6.45) is 1.82. The van der Waals surface area contributed by atoms with Crippen LogP contribution in [-0.4, -0.2) is 28.7 Å². The lowest BCUT2D eigenvalue weighted by Gasteiger charge is -2.11. The van der Waals surface area contributed by atoms with Gasteiger partial charge >= 0.3 is 0 Å². The van der Waals surface area contributed by atoms with E-state index in [0.29, 0.717) is 11.4 Å². The van der Waals surface area contributed by atoms with Crippen LogP contribution in [0.15, 0.2) is 27.6 Å². The van der Waals surface area contributed by atoms with Crippen LogP contribution in [0.2, 0.25) is 0 Å². The lowest BCUT2D eigenvalue weighted by atomic mass is 10.2. The highest BCUT2D eigenvalue weighted by atomic mass is 79.9. The molecule has 21 heavy (non-hydrogen) atoms. The highest BCUT2D eigenvalue weighted by Crippen LogP contribution is 2.33. The van der Waals surface area contributed by atoms with E-state index in [0.717, 1.165) is 27.5 Å². The molecule has 0 atom stereocenters. The molecule has 2 rings (SSSR count). The summed E-state index contributed by atoms with van der Waals surface area (Å²) in [7, 11) is 0. The molecule has 0 saturated carbocycles. The Kier molecular flexibility index (Phi) is 5.11. The Morgan fingerprint density at radius 3 is 2.62 bits per heavy atom. The van der Waals surface area contributed by atoms with Gasteiger partial charge in [0.1, 0.15) is 5.75 Å². The summed E-state index contributed by atoms with van der Waals surface area (Å²) < 4.78 is 6.46. The maximum absolute atomic E-state index is 12.0. The van der Waals surface area contributed by atoms with Gasteiger partial charge in [0.2, 0.25) is 0 Å². The van der Waals surface area contributed by atoms with E-state index in [1.54, 1.807) is 13.0 Å². The van der Waals surface area contributed by atoms with Gasteiger partial charge in [0, 0.05) is 6.54 Å². The van der Waals surface area contributed by atoms with Crippen molar-refractivity contribution in [1.82, 2.24) is 4.90 Å². The Labute approximate surface area is 136 Å². The van der Waals surface area contributed by atoms with Crippen molar-refractivity contribution < 1.29 is 14.3 Å². The Hall–Kier alpha value is -1.27. The van der Waals surface area contributed by atoms with Gasteiger partial charge in [0.15, 0.2) is 0 Å². The summed E-state index contributed by atoms with van der Waals surface area (Å²) in [5.74, 6) is 0.523. The second kappa shape index (κ2) is 6.66. The molecule has 0 aromatic heterocycles. The third-order valence-corrected chi connectivity index (χ3v) is 4.33. The molecule has 4 nitrogen and oxygen atoms in total. The van der Waals surface area contributed by atoms with E-state index in [9.17, 15) is 9.59 Å². The van der Waals surface area contributed by atoms with Gasteiger partial charge < -0.3 is 4.74 Å². The van der Waals surface area contributed by atoms with E-state index >= 15 is 0 Å². The van der Waals surface area contributed by atoms with Crippen LogP contribution in [0.4, 0.5) is 4.79 Å². The number of likely N-dealkylation sites (N-methyl/N-ethyl adjacent to an activating group) is 1. The third kappa shape index (κ3) is 3.68. The molecule has 1 aromatic carbocycles. The first kappa shape index (κ1) is 16.1. The lowest BCUT2D eigenvalue weighted by Crippen LogP contribution is -2.27. The monoisotopic (exact) mass is 369 g/mol. The fraction of sp³-hybridized carbons (Fsp3) is 0.333. The molecular weight excluding hydrogens is 354 g/mol. The van der Waals surface area contributed by atoms with Crippen molar-refractivity contribution in [2.45, 2.75) is 26.9 Å². The smallest absolute Gasteiger partial charge is 0.293 e. The molecular formula is C15H16BrNO3S. The molecule has 0 radical (unpaired) electrons. The minimum Gasteiger partial charge on any atom is -0.490 e. The first-order valence-corrected chi connectivity index (χ1v) is 8.25. The average molecular weight is 370 g/mol. The average Bonchev–Trinajstić information content (AvgIpc) is 2.67. The second-order valence-corrected chi connectivity index (χ2v) is 6.63. The van der Waals surface area contributed by atoms with Crippen molar-refractivity contribution in [2.75, 3.05) is 6.54 Å². The van der Waals surface area contributed by atoms with Crippen molar-refractivity contribution >= 4 is 44.9 Å². The molecule has 0 unspecified atom stereocenters. The first-order valence-electron chi connectivity index (χ1n) is 6.64. The summed E-state index contributed by atoms with van der Waals surface area (Å²) in [4.78, 5) is 25.4. The van der Waals surface area contributed by atoms with E-state index in [1.165, 1.54) is 4.90 Å². The number of hydrogen-bond donors (Lipinski definition) is 0. The van der Waals surface area contributed by atoms with Gasteiger partial charge in [0.25, 0.3) is 11.1 Å². The molecule has 0 aliphatic carbocycles. The number of ether oxygens (including phenoxy) is 1. The summed E-state index contributed by atoms with van der Waals surface area (Å²) in [6, 6.07) is 5.58. The van der Waals surface area contributed by atoms with Crippen LogP contribution < -0.4 is 4.74 Å². The first-order chi connectivity index (χ1) is 9.92. The maximum Gasteiger partial charge on any atom is 0.293 e. The quantitative estimate of drug-likeness (QED) is 0.742. The SMILES string of the molecule is CCN1C(=O)S/C(=C/c2ccc(OC(C)C)c(Br)c2)C1=O. The summed E-state index contributed by atoms with van der Waals surface area (Å²) in [6.45, 7) is 6.10. The van der Waals surface area contributed by atoms with Gasteiger partial charge in [-0.05, 0) is 72.2 Å². The summed E-state index contributed by atoms with van der Waals surface area (Å²) in [5.41, 5.74) is 0.847. The summed E-state index contributed by atoms with van der Waals surface area (Å²) in [5, 5.41) is -0.215. The highest BCUT2D eigenvalue weighted by Gasteiger charge is 2.33. The van der Waals surface area contributed by atoms with Crippen LogP contribution in [0, 0.1) is 0 Å². The number of halogens is 1. The minimum absolute atomic E-state index is 0.0909. The molecule has 112 valence electrons. The van der Waals surface area contributed by atoms with Crippen molar-refractivity contribution in [3.05, 3.63) is 33.1 Å². The van der Waals surface area contributed by atoms with Gasteiger partial charge in [-0.3, -0.25) is 14.5 Å². The zero-order chi connectivity index (χ0) is 15.6. The fourth-order valence-electron chi connectivity index (χ4n) is 1.88. The van der Waals surface area contributed by atoms with E-state index in [1.807, 2.05) is 32.0 Å². The molecule has 1 aliphatic rings. The zero-order valence-electron chi connectivity index (χ0n) is 12.1. The number of amides is 2. The predicted octanol–water partition coefficient (Wildman–Crippen LogP) is 4.29. The van der Waals surface area contributed by atoms with E-state index in [4.69, 9.17) is 4.74 Å². The number of rotatable bonds is 4. The topological polar surface area (TPSA) is 46.6 Å². The van der Waals surface area contributed by atoms with E-state index < -0.39 is 0 Å². The van der Waals surface area contributed by atoms with Crippen molar-refractivity contribution in [3.63, 3.8) is 0 Å². The number of carbonyl (C=O) groups is 2. The maximum atomic E-state index is 12.0. The van der Waals surface area contributed by atoms with Crippen molar-refractivity contribution in [1.29, 1.82) is 0 Å². The van der Waals surface area contributed by atoms with Gasteiger partial charge in [-0.2, -0.15) is 0 Å². The molecule has 1 saturated heterocycles. The van der Waals surface area contributed by atoms with Gasteiger partial charge in [-0.15, -0.1) is 0 Å². The van der Waals surface area contributed by atoms with Crippen LogP contribution in [0.25, 0.3) is 6.08 Å². The van der Waals surface area contributed by atoms with Crippen molar-refractivity contribution in [2.24, 2.45) is 0 Å². The molecule has 2 amide bonds. The van der Waals surface area contributed by atoms with Crippen molar-refractivity contribution in [3.8, 4) is 5.75 Å². The number of benzene rings is 1. The van der Waals surface area contributed by atoms with Crippen LogP contribution in [0.3, 0.4) is 0 Å². The zero-order valence-corrected chi connectivity index (χ0v) is 14.5. The number of hydrogen-bond acceptors (Lipinski definition) is 4. The Bertz CT molecular complexity index is 613. The Morgan fingerprint density at radius 2 is 2.10 bits per heavy atom. The minimum atomic E-state index is -0.230. The number of nitrogens with zero attached hydrogens (tertiary/aromatic N) is 1. The van der Waals surface area contributed by atoms with E-state index in [-0.39, 0.29) is 17.3 Å². The van der Waals surface area contributed by atoms with Gasteiger partial charge in [0.05, 0.1) is 15.5 Å². The standard InChI is InChI=1S/C15H16BrNO3S/c1-4-17-14(18)13(21-15(17)19)8-10-5-6-12(11(16)7-10)20-9(2)3/h5-9H,4H2,1-3H3/b13-8+. The third-order valence-electron chi connectivity index (χ3n) is 2.81. The molecule has 1 aliphatic heterocycles. The molecule has 1 aromatic rings. The molecule has 1 heterocycles. The second-order valence-electron chi connectivity index (χ2n) is 4.78. The Morgan fingerprint density at radius 1 is 1.38 bits per heavy atom. The Balaban J connectivity index is 2.24. The molecule has 0 spiro atoms. The molecule has 0 bridgehead atoms. The predicted molar refractivity (Wildman–Crippen MR) is 88.3 cm³/mol. The largest absolute Gasteiger partial charge is 0.490 e. The fourth-order valence-corrected chi connectivity index (χ4v) is 3.27. The summed E-state index contributed by atoms with van der Waals surface area (Å²) >= 11 is 4.43. The lowest BCUT2D eigenvalue weighted by molar-refractivity contribution is -0.122. The highest BCUT2D eigenvalue weighted by molar-refractivity contribution is 9.10. The number of thioether (sulfide) groups is 1. The van der Waals surface area contributed by atoms with Crippen LogP contribution in [0.1, 0.15) is 26.3 Å². The van der Waals surface area contributed by atoms with Crippen LogP contribution in [0.5, 0.6) is 5.75 Å².